The molecule has 0 atom stereocenters. The maximum Gasteiger partial charge on any atom is 0.423 e. The zero-order chi connectivity index (χ0) is 21.4. The van der Waals surface area contributed by atoms with Crippen molar-refractivity contribution in [2.24, 2.45) is 0 Å². The Balaban J connectivity index is 1.83. The van der Waals surface area contributed by atoms with Crippen LogP contribution in [0.5, 0.6) is 0 Å². The third kappa shape index (κ3) is 7.19. The fourth-order valence-corrected chi connectivity index (χ4v) is 3.18. The number of nitrogens with one attached hydrogen (secondary N) is 1. The third-order valence-corrected chi connectivity index (χ3v) is 4.74. The maximum absolute atomic E-state index is 13.1. The fraction of sp³-hybridized carbons (Fsp3) is 0.632. The Morgan fingerprint density at radius 2 is 1.97 bits per heavy atom. The molecule has 1 N–H and O–H groups in total. The molecule has 0 unspecified atom stereocenters. The highest BCUT2D eigenvalue weighted by molar-refractivity contribution is 5.70. The molecule has 0 saturated heterocycles. The van der Waals surface area contributed by atoms with E-state index in [0.29, 0.717) is 32.3 Å². The minimum atomic E-state index is -4.81. The summed E-state index contributed by atoms with van der Waals surface area (Å²) in [6, 6.07) is 2.84. The van der Waals surface area contributed by atoms with Crippen molar-refractivity contribution >= 4 is 17.3 Å². The quantitative estimate of drug-likeness (QED) is 0.271. The first kappa shape index (κ1) is 22.9. The number of nitro benzene ring substituents is 1. The van der Waals surface area contributed by atoms with Crippen LogP contribution in [0.3, 0.4) is 0 Å². The Labute approximate surface area is 166 Å². The molecule has 0 bridgehead atoms. The van der Waals surface area contributed by atoms with Crippen LogP contribution in [0.1, 0.15) is 51.0 Å². The molecular formula is C19H25F3N2O5. The van der Waals surface area contributed by atoms with Gasteiger partial charge in [-0.25, -0.2) is 4.79 Å². The van der Waals surface area contributed by atoms with E-state index in [9.17, 15) is 28.1 Å². The number of esters is 1. The lowest BCUT2D eigenvalue weighted by Crippen LogP contribution is -2.31. The van der Waals surface area contributed by atoms with E-state index in [-0.39, 0.29) is 24.4 Å². The largest absolute Gasteiger partial charge is 0.464 e. The van der Waals surface area contributed by atoms with Crippen LogP contribution in [0.25, 0.3) is 0 Å². The van der Waals surface area contributed by atoms with Crippen molar-refractivity contribution in [3.8, 4) is 0 Å². The van der Waals surface area contributed by atoms with Crippen LogP contribution in [-0.2, 0) is 20.4 Å². The van der Waals surface area contributed by atoms with Crippen molar-refractivity contribution in [2.45, 2.75) is 63.8 Å². The topological polar surface area (TPSA) is 90.7 Å². The summed E-state index contributed by atoms with van der Waals surface area (Å²) in [6.07, 6.45) is -0.572. The molecule has 1 aliphatic carbocycles. The lowest BCUT2D eigenvalue weighted by Gasteiger charge is -2.29. The Bertz CT molecular complexity index is 704. The number of hydrogen-bond donors (Lipinski definition) is 1. The second kappa shape index (κ2) is 10.4. The third-order valence-electron chi connectivity index (χ3n) is 4.74. The van der Waals surface area contributed by atoms with Crippen LogP contribution in [0.15, 0.2) is 18.2 Å². The van der Waals surface area contributed by atoms with E-state index in [1.807, 2.05) is 6.92 Å². The molecule has 29 heavy (non-hydrogen) atoms. The highest BCUT2D eigenvalue weighted by Gasteiger charge is 2.38. The molecule has 1 aromatic carbocycles. The molecule has 1 aromatic rings. The van der Waals surface area contributed by atoms with Crippen molar-refractivity contribution < 1.29 is 32.4 Å². The van der Waals surface area contributed by atoms with Gasteiger partial charge in [-0.1, -0.05) is 13.3 Å². The zero-order valence-electron chi connectivity index (χ0n) is 16.2. The van der Waals surface area contributed by atoms with Crippen LogP contribution in [0.4, 0.5) is 24.5 Å². The number of rotatable bonds is 9. The lowest BCUT2D eigenvalue weighted by molar-refractivity contribution is -0.388. The molecular weight excluding hydrogens is 393 g/mol. The van der Waals surface area contributed by atoms with E-state index in [2.05, 4.69) is 5.32 Å². The van der Waals surface area contributed by atoms with Gasteiger partial charge in [0.05, 0.1) is 17.6 Å². The van der Waals surface area contributed by atoms with E-state index in [1.54, 1.807) is 0 Å². The highest BCUT2D eigenvalue weighted by Crippen LogP contribution is 2.38. The van der Waals surface area contributed by atoms with Crippen molar-refractivity contribution in [1.29, 1.82) is 0 Å². The number of anilines is 1. The van der Waals surface area contributed by atoms with Crippen molar-refractivity contribution in [1.82, 2.24) is 0 Å². The summed E-state index contributed by atoms with van der Waals surface area (Å²) >= 11 is 0. The van der Waals surface area contributed by atoms with Gasteiger partial charge in [0.15, 0.2) is 0 Å². The average Bonchev–Trinajstić information content (AvgIpc) is 2.67. The van der Waals surface area contributed by atoms with Crippen LogP contribution in [0, 0.1) is 10.1 Å². The molecule has 0 spiro atoms. The average molecular weight is 418 g/mol. The van der Waals surface area contributed by atoms with Crippen LogP contribution >= 0.6 is 0 Å². The Morgan fingerprint density at radius 3 is 2.55 bits per heavy atom. The van der Waals surface area contributed by atoms with Gasteiger partial charge >= 0.3 is 12.1 Å². The monoisotopic (exact) mass is 418 g/mol. The van der Waals surface area contributed by atoms with Crippen molar-refractivity contribution in [3.63, 3.8) is 0 Å². The van der Waals surface area contributed by atoms with Crippen LogP contribution < -0.4 is 5.32 Å². The zero-order valence-corrected chi connectivity index (χ0v) is 16.2. The van der Waals surface area contributed by atoms with Gasteiger partial charge in [0.2, 0.25) is 0 Å². The van der Waals surface area contributed by atoms with E-state index in [4.69, 9.17) is 9.47 Å². The van der Waals surface area contributed by atoms with Gasteiger partial charge in [-0.05, 0) is 44.2 Å². The van der Waals surface area contributed by atoms with Gasteiger partial charge in [0.25, 0.3) is 5.69 Å². The van der Waals surface area contributed by atoms with Crippen LogP contribution in [-0.4, -0.2) is 36.3 Å². The molecule has 0 radical (unpaired) electrons. The second-order valence-corrected chi connectivity index (χ2v) is 6.99. The Kier molecular flexibility index (Phi) is 8.24. The molecule has 1 saturated carbocycles. The van der Waals surface area contributed by atoms with E-state index < -0.39 is 28.3 Å². The highest BCUT2D eigenvalue weighted by atomic mass is 19.4. The number of unbranched alkanes of at least 4 members (excludes halogenated alkanes) is 1. The number of alkyl halides is 3. The molecule has 1 fully saturated rings. The summed E-state index contributed by atoms with van der Waals surface area (Å²) in [4.78, 5) is 21.3. The standard InChI is InChI=1S/C19H25F3N2O5/c1-2-3-10-28-18(25)12-29-15-7-4-13(5-8-15)23-14-6-9-17(24(26)27)16(11-14)19(20,21)22/h6,9,11,13,15,23H,2-5,7-8,10,12H2,1H3/t13-,15-. The van der Waals surface area contributed by atoms with Gasteiger partial charge in [-0.15, -0.1) is 0 Å². The van der Waals surface area contributed by atoms with E-state index >= 15 is 0 Å². The van der Waals surface area contributed by atoms with E-state index in [0.717, 1.165) is 25.0 Å². The van der Waals surface area contributed by atoms with Gasteiger partial charge in [0, 0.05) is 17.8 Å². The molecule has 2 rings (SSSR count). The fourth-order valence-electron chi connectivity index (χ4n) is 3.18. The molecule has 162 valence electrons. The normalized spacial score (nSPS) is 19.6. The molecule has 0 amide bonds. The number of halogens is 3. The van der Waals surface area contributed by atoms with Gasteiger partial charge in [0.1, 0.15) is 12.2 Å². The van der Waals surface area contributed by atoms with Crippen LogP contribution in [0.2, 0.25) is 0 Å². The second-order valence-electron chi connectivity index (χ2n) is 6.99. The smallest absolute Gasteiger partial charge is 0.423 e. The molecule has 7 nitrogen and oxygen atoms in total. The van der Waals surface area contributed by atoms with Crippen molar-refractivity contribution in [2.75, 3.05) is 18.5 Å². The van der Waals surface area contributed by atoms with Gasteiger partial charge in [-0.3, -0.25) is 10.1 Å². The molecule has 1 aliphatic rings. The van der Waals surface area contributed by atoms with Gasteiger partial charge < -0.3 is 14.8 Å². The SMILES string of the molecule is CCCCOC(=O)CO[C@H]1CC[C@H](Nc2ccc([N+](=O)[O-])c(C(F)(F)F)c2)CC1. The number of carbonyl (C=O) groups excluding carboxylic acids is 1. The first-order chi connectivity index (χ1) is 13.7. The predicted octanol–water partition coefficient (Wildman–Crippen LogP) is 4.70. The molecule has 0 aromatic heterocycles. The molecule has 0 aliphatic heterocycles. The first-order valence-electron chi connectivity index (χ1n) is 9.60. The summed E-state index contributed by atoms with van der Waals surface area (Å²) in [5.74, 6) is -0.399. The first-order valence-corrected chi connectivity index (χ1v) is 9.60. The predicted molar refractivity (Wildman–Crippen MR) is 99.6 cm³/mol. The van der Waals surface area contributed by atoms with E-state index in [1.165, 1.54) is 6.07 Å². The summed E-state index contributed by atoms with van der Waals surface area (Å²) < 4.78 is 49.8. The number of benzene rings is 1. The number of ether oxygens (including phenoxy) is 2. The van der Waals surface area contributed by atoms with Gasteiger partial charge in [-0.2, -0.15) is 13.2 Å². The molecule has 0 heterocycles. The Hall–Kier alpha value is -2.36. The number of hydrogen-bond acceptors (Lipinski definition) is 6. The number of carbonyl (C=O) groups is 1. The minimum absolute atomic E-state index is 0.0751. The summed E-state index contributed by atoms with van der Waals surface area (Å²) in [5.41, 5.74) is -2.05. The number of nitro groups is 1. The minimum Gasteiger partial charge on any atom is -0.464 e. The summed E-state index contributed by atoms with van der Waals surface area (Å²) in [7, 11) is 0. The van der Waals surface area contributed by atoms with Crippen molar-refractivity contribution in [3.05, 3.63) is 33.9 Å². The molecule has 10 heteroatoms. The Morgan fingerprint density at radius 1 is 1.28 bits per heavy atom. The maximum atomic E-state index is 13.1. The summed E-state index contributed by atoms with van der Waals surface area (Å²) in [5, 5.41) is 13.8. The lowest BCUT2D eigenvalue weighted by atomic mass is 9.92. The number of nitrogens with zero attached hydrogens (tertiary/aromatic N) is 1. The summed E-state index contributed by atoms with van der Waals surface area (Å²) in [6.45, 7) is 2.27.